The summed E-state index contributed by atoms with van der Waals surface area (Å²) in [6.07, 6.45) is 5.13. The van der Waals surface area contributed by atoms with Crippen molar-refractivity contribution in [1.29, 1.82) is 0 Å². The maximum atomic E-state index is 3.74. The predicted molar refractivity (Wildman–Crippen MR) is 89.2 cm³/mol. The summed E-state index contributed by atoms with van der Waals surface area (Å²) < 4.78 is 0. The molecule has 0 radical (unpaired) electrons. The molecule has 0 bridgehead atoms. The van der Waals surface area contributed by atoms with Gasteiger partial charge in [-0.2, -0.15) is 11.3 Å². The number of hydrogen-bond acceptors (Lipinski definition) is 2. The van der Waals surface area contributed by atoms with E-state index in [4.69, 9.17) is 0 Å². The molecule has 108 valence electrons. The summed E-state index contributed by atoms with van der Waals surface area (Å²) in [4.78, 5) is 0. The van der Waals surface area contributed by atoms with Crippen molar-refractivity contribution in [3.05, 3.63) is 57.8 Å². The summed E-state index contributed by atoms with van der Waals surface area (Å²) in [5.41, 5.74) is 4.26. The normalized spacial score (nSPS) is 12.5. The molecule has 20 heavy (non-hydrogen) atoms. The van der Waals surface area contributed by atoms with E-state index in [0.717, 1.165) is 6.54 Å². The number of hydrogen-bond donors (Lipinski definition) is 1. The van der Waals surface area contributed by atoms with Gasteiger partial charge >= 0.3 is 0 Å². The number of rotatable bonds is 8. The summed E-state index contributed by atoms with van der Waals surface area (Å²) >= 11 is 1.80. The smallest absolute Gasteiger partial charge is 0.0323 e. The topological polar surface area (TPSA) is 12.0 Å². The Bertz CT molecular complexity index is 489. The lowest BCUT2D eigenvalue weighted by Crippen LogP contribution is -2.21. The SMILES string of the molecule is CCCCCC(NCc1cscc1C)c1ccccc1. The van der Waals surface area contributed by atoms with Crippen LogP contribution in [0.1, 0.15) is 55.3 Å². The number of nitrogens with one attached hydrogen (secondary N) is 1. The molecule has 0 saturated carbocycles. The largest absolute Gasteiger partial charge is 0.306 e. The minimum absolute atomic E-state index is 0.474. The fourth-order valence-corrected chi connectivity index (χ4v) is 3.33. The lowest BCUT2D eigenvalue weighted by atomic mass is 10.00. The van der Waals surface area contributed by atoms with Crippen molar-refractivity contribution >= 4 is 11.3 Å². The number of unbranched alkanes of at least 4 members (excludes halogenated alkanes) is 2. The van der Waals surface area contributed by atoms with E-state index in [2.05, 4.69) is 60.3 Å². The van der Waals surface area contributed by atoms with Crippen LogP contribution in [-0.4, -0.2) is 0 Å². The van der Waals surface area contributed by atoms with Gasteiger partial charge in [-0.3, -0.25) is 0 Å². The minimum Gasteiger partial charge on any atom is -0.306 e. The van der Waals surface area contributed by atoms with Crippen LogP contribution in [0.5, 0.6) is 0 Å². The summed E-state index contributed by atoms with van der Waals surface area (Å²) in [6.45, 7) is 5.43. The highest BCUT2D eigenvalue weighted by molar-refractivity contribution is 7.08. The average Bonchev–Trinajstić information content (AvgIpc) is 2.89. The van der Waals surface area contributed by atoms with Gasteiger partial charge in [-0.05, 0) is 40.8 Å². The van der Waals surface area contributed by atoms with Crippen LogP contribution in [0.15, 0.2) is 41.1 Å². The van der Waals surface area contributed by atoms with Crippen LogP contribution in [0, 0.1) is 6.92 Å². The molecule has 0 aliphatic carbocycles. The fraction of sp³-hybridized carbons (Fsp3) is 0.444. The van der Waals surface area contributed by atoms with E-state index in [-0.39, 0.29) is 0 Å². The van der Waals surface area contributed by atoms with E-state index in [0.29, 0.717) is 6.04 Å². The highest BCUT2D eigenvalue weighted by Gasteiger charge is 2.11. The first-order chi connectivity index (χ1) is 9.81. The molecule has 0 fully saturated rings. The van der Waals surface area contributed by atoms with Crippen molar-refractivity contribution in [3.8, 4) is 0 Å². The molecular weight excluding hydrogens is 262 g/mol. The Morgan fingerprint density at radius 3 is 2.55 bits per heavy atom. The molecule has 0 amide bonds. The molecule has 1 N–H and O–H groups in total. The Labute approximate surface area is 127 Å². The zero-order valence-corrected chi connectivity index (χ0v) is 13.4. The van der Waals surface area contributed by atoms with Gasteiger partial charge < -0.3 is 5.32 Å². The second kappa shape index (κ2) is 8.23. The Kier molecular flexibility index (Phi) is 6.28. The highest BCUT2D eigenvalue weighted by Crippen LogP contribution is 2.21. The zero-order valence-electron chi connectivity index (χ0n) is 12.6. The van der Waals surface area contributed by atoms with Gasteiger partial charge in [0.05, 0.1) is 0 Å². The predicted octanol–water partition coefficient (Wildman–Crippen LogP) is 5.47. The van der Waals surface area contributed by atoms with Gasteiger partial charge in [0.25, 0.3) is 0 Å². The molecular formula is C18H25NS. The number of thiophene rings is 1. The van der Waals surface area contributed by atoms with Crippen molar-refractivity contribution in [1.82, 2.24) is 5.32 Å². The van der Waals surface area contributed by atoms with Gasteiger partial charge in [-0.15, -0.1) is 0 Å². The van der Waals surface area contributed by atoms with Crippen molar-refractivity contribution in [2.75, 3.05) is 0 Å². The van der Waals surface area contributed by atoms with Crippen LogP contribution in [-0.2, 0) is 6.54 Å². The minimum atomic E-state index is 0.474. The molecule has 1 aromatic heterocycles. The Balaban J connectivity index is 1.97. The van der Waals surface area contributed by atoms with Gasteiger partial charge in [0.2, 0.25) is 0 Å². The summed E-state index contributed by atoms with van der Waals surface area (Å²) in [5, 5.41) is 8.23. The van der Waals surface area contributed by atoms with Crippen LogP contribution in [0.3, 0.4) is 0 Å². The van der Waals surface area contributed by atoms with Crippen LogP contribution in [0.4, 0.5) is 0 Å². The molecule has 0 aliphatic heterocycles. The fourth-order valence-electron chi connectivity index (χ4n) is 2.47. The zero-order chi connectivity index (χ0) is 14.2. The lowest BCUT2D eigenvalue weighted by Gasteiger charge is -2.19. The standard InChI is InChI=1S/C18H25NS/c1-3-4-6-11-18(16-9-7-5-8-10-16)19-12-17-14-20-13-15(17)2/h5,7-10,13-14,18-19H,3-4,6,11-12H2,1-2H3. The Morgan fingerprint density at radius 1 is 1.10 bits per heavy atom. The molecule has 2 rings (SSSR count). The molecule has 1 unspecified atom stereocenters. The maximum absolute atomic E-state index is 3.74. The van der Waals surface area contributed by atoms with Crippen molar-refractivity contribution < 1.29 is 0 Å². The average molecular weight is 287 g/mol. The molecule has 1 heterocycles. The van der Waals surface area contributed by atoms with E-state index in [9.17, 15) is 0 Å². The third kappa shape index (κ3) is 4.46. The van der Waals surface area contributed by atoms with Crippen LogP contribution >= 0.6 is 11.3 Å². The number of aryl methyl sites for hydroxylation is 1. The summed E-state index contributed by atoms with van der Waals surface area (Å²) in [7, 11) is 0. The Morgan fingerprint density at radius 2 is 1.90 bits per heavy atom. The van der Waals surface area contributed by atoms with E-state index in [1.165, 1.54) is 42.4 Å². The van der Waals surface area contributed by atoms with Gasteiger partial charge in [0.15, 0.2) is 0 Å². The van der Waals surface area contributed by atoms with E-state index >= 15 is 0 Å². The molecule has 2 heteroatoms. The summed E-state index contributed by atoms with van der Waals surface area (Å²) in [6, 6.07) is 11.3. The lowest BCUT2D eigenvalue weighted by molar-refractivity contribution is 0.473. The molecule has 2 aromatic rings. The first-order valence-corrected chi connectivity index (χ1v) is 8.55. The van der Waals surface area contributed by atoms with Crippen LogP contribution < -0.4 is 5.32 Å². The molecule has 1 nitrogen and oxygen atoms in total. The molecule has 1 atom stereocenters. The Hall–Kier alpha value is -1.12. The highest BCUT2D eigenvalue weighted by atomic mass is 32.1. The monoisotopic (exact) mass is 287 g/mol. The summed E-state index contributed by atoms with van der Waals surface area (Å²) in [5.74, 6) is 0. The van der Waals surface area contributed by atoms with E-state index in [1.54, 1.807) is 11.3 Å². The third-order valence-electron chi connectivity index (χ3n) is 3.80. The molecule has 0 saturated heterocycles. The van der Waals surface area contributed by atoms with Gasteiger partial charge in [-0.1, -0.05) is 56.5 Å². The molecule has 0 aliphatic rings. The molecule has 0 spiro atoms. The van der Waals surface area contributed by atoms with E-state index in [1.807, 2.05) is 0 Å². The first kappa shape index (κ1) is 15.3. The molecule has 1 aromatic carbocycles. The number of benzene rings is 1. The van der Waals surface area contributed by atoms with Gasteiger partial charge in [0, 0.05) is 12.6 Å². The van der Waals surface area contributed by atoms with Crippen molar-refractivity contribution in [2.45, 2.75) is 52.1 Å². The van der Waals surface area contributed by atoms with Crippen molar-refractivity contribution in [3.63, 3.8) is 0 Å². The van der Waals surface area contributed by atoms with Gasteiger partial charge in [0.1, 0.15) is 0 Å². The third-order valence-corrected chi connectivity index (χ3v) is 4.71. The van der Waals surface area contributed by atoms with Gasteiger partial charge in [-0.25, -0.2) is 0 Å². The quantitative estimate of drug-likeness (QED) is 0.635. The first-order valence-electron chi connectivity index (χ1n) is 7.61. The van der Waals surface area contributed by atoms with Crippen LogP contribution in [0.25, 0.3) is 0 Å². The van der Waals surface area contributed by atoms with Crippen LogP contribution in [0.2, 0.25) is 0 Å². The van der Waals surface area contributed by atoms with E-state index < -0.39 is 0 Å². The maximum Gasteiger partial charge on any atom is 0.0323 e. The van der Waals surface area contributed by atoms with Crippen molar-refractivity contribution in [2.24, 2.45) is 0 Å². The second-order valence-electron chi connectivity index (χ2n) is 5.42. The second-order valence-corrected chi connectivity index (χ2v) is 6.16.